The minimum atomic E-state index is -0.184. The van der Waals surface area contributed by atoms with Gasteiger partial charge in [0.1, 0.15) is 11.4 Å². The number of likely N-dealkylation sites (N-methyl/N-ethyl adjacent to an activating group) is 1. The number of hydrogen-bond donors (Lipinski definition) is 2. The summed E-state index contributed by atoms with van der Waals surface area (Å²) in [7, 11) is 1.94. The number of rotatable bonds is 6. The summed E-state index contributed by atoms with van der Waals surface area (Å²) < 4.78 is 0. The van der Waals surface area contributed by atoms with Crippen LogP contribution in [-0.2, 0) is 0 Å². The van der Waals surface area contributed by atoms with E-state index < -0.39 is 0 Å². The molecule has 1 aromatic heterocycles. The molecule has 0 spiro atoms. The van der Waals surface area contributed by atoms with Crippen molar-refractivity contribution >= 4 is 22.7 Å². The number of nitrogens with zero attached hydrogens (tertiary/aromatic N) is 2. The first-order chi connectivity index (χ1) is 9.79. The molecule has 1 heterocycles. The molecule has 20 heavy (non-hydrogen) atoms. The third-order valence-corrected chi connectivity index (χ3v) is 5.37. The highest BCUT2D eigenvalue weighted by atomic mass is 32.2. The van der Waals surface area contributed by atoms with E-state index in [-0.39, 0.29) is 12.1 Å². The lowest BCUT2D eigenvalue weighted by Gasteiger charge is -2.31. The molecular formula is C15H19N3OS. The number of benzene rings is 1. The maximum Gasteiger partial charge on any atom is 0.117 e. The highest BCUT2D eigenvalue weighted by Gasteiger charge is 2.43. The lowest BCUT2D eigenvalue weighted by Crippen LogP contribution is -2.51. The van der Waals surface area contributed by atoms with Crippen molar-refractivity contribution in [3.8, 4) is 0 Å². The van der Waals surface area contributed by atoms with E-state index in [1.54, 1.807) is 18.1 Å². The molecule has 1 aliphatic rings. The van der Waals surface area contributed by atoms with Gasteiger partial charge in [0.15, 0.2) is 0 Å². The Kier molecular flexibility index (Phi) is 3.92. The van der Waals surface area contributed by atoms with Gasteiger partial charge < -0.3 is 10.4 Å². The smallest absolute Gasteiger partial charge is 0.117 e. The van der Waals surface area contributed by atoms with Crippen LogP contribution in [0.2, 0.25) is 0 Å². The van der Waals surface area contributed by atoms with E-state index in [1.165, 1.54) is 12.8 Å². The molecule has 1 saturated carbocycles. The number of para-hydroxylation sites is 1. The topological polar surface area (TPSA) is 58.0 Å². The number of aliphatic hydroxyl groups excluding tert-OH is 1. The second kappa shape index (κ2) is 5.68. The van der Waals surface area contributed by atoms with Crippen LogP contribution in [0.4, 0.5) is 0 Å². The van der Waals surface area contributed by atoms with Crippen molar-refractivity contribution in [2.24, 2.45) is 5.92 Å². The van der Waals surface area contributed by atoms with Crippen molar-refractivity contribution < 1.29 is 5.11 Å². The van der Waals surface area contributed by atoms with Gasteiger partial charge in [-0.3, -0.25) is 0 Å². The molecule has 0 aliphatic heterocycles. The molecule has 3 rings (SSSR count). The summed E-state index contributed by atoms with van der Waals surface area (Å²) in [6.07, 6.45) is 4.01. The van der Waals surface area contributed by atoms with Crippen LogP contribution in [0.1, 0.15) is 12.8 Å². The van der Waals surface area contributed by atoms with Crippen molar-refractivity contribution in [2.75, 3.05) is 19.4 Å². The van der Waals surface area contributed by atoms with Gasteiger partial charge in [0, 0.05) is 11.1 Å². The molecule has 0 bridgehead atoms. The van der Waals surface area contributed by atoms with Crippen molar-refractivity contribution in [2.45, 2.75) is 23.4 Å². The molecule has 5 heteroatoms. The van der Waals surface area contributed by atoms with Crippen molar-refractivity contribution in [3.05, 3.63) is 30.6 Å². The molecule has 106 valence electrons. The van der Waals surface area contributed by atoms with Crippen LogP contribution in [0.25, 0.3) is 10.9 Å². The van der Waals surface area contributed by atoms with Crippen LogP contribution in [-0.4, -0.2) is 40.0 Å². The van der Waals surface area contributed by atoms with Gasteiger partial charge >= 0.3 is 0 Å². The predicted octanol–water partition coefficient (Wildman–Crippen LogP) is 2.08. The number of thioether (sulfide) groups is 1. The van der Waals surface area contributed by atoms with E-state index in [0.717, 1.165) is 21.7 Å². The highest BCUT2D eigenvalue weighted by molar-refractivity contribution is 7.99. The number of hydrogen-bond acceptors (Lipinski definition) is 5. The molecular weight excluding hydrogens is 270 g/mol. The van der Waals surface area contributed by atoms with Crippen LogP contribution in [0.5, 0.6) is 0 Å². The van der Waals surface area contributed by atoms with Gasteiger partial charge in [-0.05, 0) is 31.9 Å². The zero-order chi connectivity index (χ0) is 14.0. The molecule has 2 aromatic rings. The Hall–Kier alpha value is -1.17. The minimum Gasteiger partial charge on any atom is -0.394 e. The fourth-order valence-electron chi connectivity index (χ4n) is 2.58. The Morgan fingerprint density at radius 1 is 1.35 bits per heavy atom. The monoisotopic (exact) mass is 289 g/mol. The normalized spacial score (nSPS) is 18.1. The second-order valence-electron chi connectivity index (χ2n) is 5.32. The van der Waals surface area contributed by atoms with Gasteiger partial charge in [-0.1, -0.05) is 18.2 Å². The van der Waals surface area contributed by atoms with Gasteiger partial charge in [-0.2, -0.15) is 0 Å². The van der Waals surface area contributed by atoms with Crippen LogP contribution in [0, 0.1) is 5.92 Å². The Bertz CT molecular complexity index is 591. The standard InChI is InChI=1S/C15H19N3OS/c1-16-15(8-19,11-6-7-11)9-20-14-12-4-2-3-5-13(12)17-10-18-14/h2-5,10-11,16,19H,6-9H2,1H3. The van der Waals surface area contributed by atoms with E-state index in [9.17, 15) is 5.11 Å². The molecule has 1 unspecified atom stereocenters. The minimum absolute atomic E-state index is 0.171. The molecule has 1 aliphatic carbocycles. The summed E-state index contributed by atoms with van der Waals surface area (Å²) in [6, 6.07) is 8.04. The summed E-state index contributed by atoms with van der Waals surface area (Å²) in [5.41, 5.74) is 0.784. The Morgan fingerprint density at radius 2 is 2.15 bits per heavy atom. The number of nitrogens with one attached hydrogen (secondary N) is 1. The van der Waals surface area contributed by atoms with Crippen LogP contribution >= 0.6 is 11.8 Å². The summed E-state index contributed by atoms with van der Waals surface area (Å²) in [5, 5.41) is 15.2. The van der Waals surface area contributed by atoms with E-state index in [1.807, 2.05) is 25.2 Å². The van der Waals surface area contributed by atoms with Crippen molar-refractivity contribution in [1.29, 1.82) is 0 Å². The summed E-state index contributed by atoms with van der Waals surface area (Å²) in [4.78, 5) is 8.69. The zero-order valence-corrected chi connectivity index (χ0v) is 12.4. The van der Waals surface area contributed by atoms with Crippen molar-refractivity contribution in [1.82, 2.24) is 15.3 Å². The van der Waals surface area contributed by atoms with Crippen molar-refractivity contribution in [3.63, 3.8) is 0 Å². The largest absolute Gasteiger partial charge is 0.394 e. The second-order valence-corrected chi connectivity index (χ2v) is 6.29. The number of aromatic nitrogens is 2. The van der Waals surface area contributed by atoms with Gasteiger partial charge in [-0.15, -0.1) is 11.8 Å². The third kappa shape index (κ3) is 2.53. The average molecular weight is 289 g/mol. The maximum absolute atomic E-state index is 9.77. The zero-order valence-electron chi connectivity index (χ0n) is 11.5. The first-order valence-electron chi connectivity index (χ1n) is 6.91. The summed E-state index contributed by atoms with van der Waals surface area (Å²) in [5.74, 6) is 1.41. The molecule has 1 fully saturated rings. The molecule has 0 saturated heterocycles. The van der Waals surface area contributed by atoms with E-state index in [4.69, 9.17) is 0 Å². The predicted molar refractivity (Wildman–Crippen MR) is 81.9 cm³/mol. The molecule has 1 atom stereocenters. The molecule has 0 amide bonds. The summed E-state index contributed by atoms with van der Waals surface area (Å²) in [6.45, 7) is 0.171. The summed E-state index contributed by atoms with van der Waals surface area (Å²) >= 11 is 1.70. The van der Waals surface area contributed by atoms with Gasteiger partial charge in [0.25, 0.3) is 0 Å². The van der Waals surface area contributed by atoms with Crippen LogP contribution < -0.4 is 5.32 Å². The first kappa shape index (κ1) is 13.8. The number of aliphatic hydroxyl groups is 1. The van der Waals surface area contributed by atoms with Crippen LogP contribution in [0.15, 0.2) is 35.6 Å². The Balaban J connectivity index is 1.83. The maximum atomic E-state index is 9.77. The average Bonchev–Trinajstić information content (AvgIpc) is 3.34. The van der Waals surface area contributed by atoms with E-state index in [0.29, 0.717) is 5.92 Å². The van der Waals surface area contributed by atoms with Gasteiger partial charge in [0.2, 0.25) is 0 Å². The molecule has 2 N–H and O–H groups in total. The molecule has 4 nitrogen and oxygen atoms in total. The third-order valence-electron chi connectivity index (χ3n) is 4.11. The Labute approximate surface area is 123 Å². The lowest BCUT2D eigenvalue weighted by atomic mass is 9.97. The fourth-order valence-corrected chi connectivity index (χ4v) is 3.89. The van der Waals surface area contributed by atoms with Gasteiger partial charge in [0.05, 0.1) is 17.7 Å². The van der Waals surface area contributed by atoms with E-state index in [2.05, 4.69) is 21.4 Å². The highest BCUT2D eigenvalue weighted by Crippen LogP contribution is 2.42. The SMILES string of the molecule is CNC(CO)(CSc1ncnc2ccccc12)C1CC1. The number of fused-ring (bicyclic) bond motifs is 1. The molecule has 1 aromatic carbocycles. The quantitative estimate of drug-likeness (QED) is 0.630. The van der Waals surface area contributed by atoms with Gasteiger partial charge in [-0.25, -0.2) is 9.97 Å². The van der Waals surface area contributed by atoms with E-state index >= 15 is 0 Å². The lowest BCUT2D eigenvalue weighted by molar-refractivity contribution is 0.167. The Morgan fingerprint density at radius 3 is 2.85 bits per heavy atom. The fraction of sp³-hybridized carbons (Fsp3) is 0.467. The first-order valence-corrected chi connectivity index (χ1v) is 7.90. The molecule has 0 radical (unpaired) electrons. The van der Waals surface area contributed by atoms with Crippen LogP contribution in [0.3, 0.4) is 0 Å².